The summed E-state index contributed by atoms with van der Waals surface area (Å²) in [5.74, 6) is 0.0418. The van der Waals surface area contributed by atoms with E-state index in [1.165, 1.54) is 6.92 Å². The fraction of sp³-hybridized carbons (Fsp3) is 0.857. The number of hydrogen-bond acceptors (Lipinski definition) is 3. The Morgan fingerprint density at radius 2 is 2.45 bits per heavy atom. The Labute approximate surface area is 66.1 Å². The molecule has 64 valence electrons. The molecule has 1 rings (SSSR count). The lowest BCUT2D eigenvalue weighted by atomic mass is 10.4. The highest BCUT2D eigenvalue weighted by Crippen LogP contribution is 2.06. The molecule has 0 bridgehead atoms. The van der Waals surface area contributed by atoms with Crippen LogP contribution in [0.2, 0.25) is 0 Å². The molecule has 0 aliphatic carbocycles. The summed E-state index contributed by atoms with van der Waals surface area (Å²) in [6.07, 6.45) is -0.193. The molecule has 1 aliphatic heterocycles. The normalized spacial score (nSPS) is 25.3. The predicted octanol–water partition coefficient (Wildman–Crippen LogP) is -0.162. The molecule has 0 aromatic carbocycles. The van der Waals surface area contributed by atoms with E-state index in [0.717, 1.165) is 0 Å². The summed E-state index contributed by atoms with van der Waals surface area (Å²) in [7, 11) is 1.58. The first kappa shape index (κ1) is 8.49. The summed E-state index contributed by atoms with van der Waals surface area (Å²) >= 11 is 0. The summed E-state index contributed by atoms with van der Waals surface area (Å²) in [4.78, 5) is 12.6. The third-order valence-corrected chi connectivity index (χ3v) is 1.76. The lowest BCUT2D eigenvalue weighted by Crippen LogP contribution is -2.48. The summed E-state index contributed by atoms with van der Waals surface area (Å²) in [5.41, 5.74) is 0. The van der Waals surface area contributed by atoms with E-state index >= 15 is 0 Å². The fourth-order valence-corrected chi connectivity index (χ4v) is 1.14. The van der Waals surface area contributed by atoms with Crippen molar-refractivity contribution >= 4 is 5.91 Å². The molecular formula is C7H13NO3. The number of amides is 1. The number of nitrogens with zero attached hydrogens (tertiary/aromatic N) is 1. The van der Waals surface area contributed by atoms with Crippen LogP contribution < -0.4 is 0 Å². The molecule has 1 fully saturated rings. The van der Waals surface area contributed by atoms with Gasteiger partial charge in [-0.05, 0) is 0 Å². The highest BCUT2D eigenvalue weighted by Gasteiger charge is 2.23. The van der Waals surface area contributed by atoms with Crippen molar-refractivity contribution in [1.29, 1.82) is 0 Å². The van der Waals surface area contributed by atoms with Gasteiger partial charge in [0.2, 0.25) is 5.91 Å². The van der Waals surface area contributed by atoms with E-state index in [9.17, 15) is 4.79 Å². The quantitative estimate of drug-likeness (QED) is 0.533. The topological polar surface area (TPSA) is 38.8 Å². The number of carbonyl (C=O) groups excluding carboxylic acids is 1. The Hall–Kier alpha value is -0.610. The van der Waals surface area contributed by atoms with E-state index in [0.29, 0.717) is 19.8 Å². The van der Waals surface area contributed by atoms with Crippen molar-refractivity contribution in [3.8, 4) is 0 Å². The van der Waals surface area contributed by atoms with E-state index in [4.69, 9.17) is 9.47 Å². The van der Waals surface area contributed by atoms with Crippen LogP contribution in [0.25, 0.3) is 0 Å². The van der Waals surface area contributed by atoms with Gasteiger partial charge in [0.25, 0.3) is 0 Å². The van der Waals surface area contributed by atoms with Crippen LogP contribution in [0.4, 0.5) is 0 Å². The third-order valence-electron chi connectivity index (χ3n) is 1.76. The van der Waals surface area contributed by atoms with Gasteiger partial charge in [-0.25, -0.2) is 0 Å². The Bertz CT molecular complexity index is 149. The SMILES string of the molecule is CO[C@@H]1COCCN1C(C)=O. The Morgan fingerprint density at radius 3 is 2.91 bits per heavy atom. The third kappa shape index (κ3) is 1.91. The highest BCUT2D eigenvalue weighted by atomic mass is 16.5. The lowest BCUT2D eigenvalue weighted by Gasteiger charge is -2.33. The molecule has 1 amide bonds. The van der Waals surface area contributed by atoms with E-state index in [1.807, 2.05) is 0 Å². The number of morpholine rings is 1. The minimum Gasteiger partial charge on any atom is -0.375 e. The number of ether oxygens (including phenoxy) is 2. The predicted molar refractivity (Wildman–Crippen MR) is 39.0 cm³/mol. The first-order chi connectivity index (χ1) is 5.25. The van der Waals surface area contributed by atoms with Crippen LogP contribution in [-0.4, -0.2) is 43.9 Å². The van der Waals surface area contributed by atoms with Gasteiger partial charge in [-0.2, -0.15) is 0 Å². The van der Waals surface area contributed by atoms with Crippen LogP contribution in [0, 0.1) is 0 Å². The molecule has 0 aromatic heterocycles. The van der Waals surface area contributed by atoms with Crippen molar-refractivity contribution in [2.45, 2.75) is 13.2 Å². The molecule has 0 aromatic rings. The average Bonchev–Trinajstić information content (AvgIpc) is 2.04. The average molecular weight is 159 g/mol. The zero-order valence-corrected chi connectivity index (χ0v) is 6.87. The monoisotopic (exact) mass is 159 g/mol. The number of methoxy groups -OCH3 is 1. The van der Waals surface area contributed by atoms with Gasteiger partial charge in [-0.3, -0.25) is 4.79 Å². The minimum atomic E-state index is -0.193. The van der Waals surface area contributed by atoms with Crippen molar-refractivity contribution in [1.82, 2.24) is 4.90 Å². The van der Waals surface area contributed by atoms with Crippen LogP contribution in [0.15, 0.2) is 0 Å². The zero-order chi connectivity index (χ0) is 8.27. The van der Waals surface area contributed by atoms with E-state index in [1.54, 1.807) is 12.0 Å². The zero-order valence-electron chi connectivity index (χ0n) is 6.87. The summed E-state index contributed by atoms with van der Waals surface area (Å²) in [6, 6.07) is 0. The van der Waals surface area contributed by atoms with Crippen LogP contribution in [0.3, 0.4) is 0 Å². The molecule has 0 unspecified atom stereocenters. The maximum absolute atomic E-state index is 11.0. The maximum atomic E-state index is 11.0. The molecule has 11 heavy (non-hydrogen) atoms. The lowest BCUT2D eigenvalue weighted by molar-refractivity contribution is -0.160. The molecule has 1 heterocycles. The molecule has 0 radical (unpaired) electrons. The largest absolute Gasteiger partial charge is 0.375 e. The van der Waals surface area contributed by atoms with Gasteiger partial charge in [-0.15, -0.1) is 0 Å². The van der Waals surface area contributed by atoms with Crippen molar-refractivity contribution in [2.75, 3.05) is 26.9 Å². The standard InChI is InChI=1S/C7H13NO3/c1-6(9)8-3-4-11-5-7(8)10-2/h7H,3-5H2,1-2H3/t7-/m1/s1. The molecule has 0 saturated carbocycles. The fourth-order valence-electron chi connectivity index (χ4n) is 1.14. The van der Waals surface area contributed by atoms with Crippen LogP contribution in [0.5, 0.6) is 0 Å². The summed E-state index contributed by atoms with van der Waals surface area (Å²) in [6.45, 7) is 3.26. The Kier molecular flexibility index (Phi) is 2.84. The molecule has 1 saturated heterocycles. The van der Waals surface area contributed by atoms with Crippen molar-refractivity contribution in [3.63, 3.8) is 0 Å². The van der Waals surface area contributed by atoms with Crippen molar-refractivity contribution in [3.05, 3.63) is 0 Å². The van der Waals surface area contributed by atoms with Crippen LogP contribution >= 0.6 is 0 Å². The Balaban J connectivity index is 2.51. The van der Waals surface area contributed by atoms with E-state index in [-0.39, 0.29) is 12.1 Å². The molecular weight excluding hydrogens is 146 g/mol. The van der Waals surface area contributed by atoms with Gasteiger partial charge in [0, 0.05) is 20.6 Å². The molecule has 0 spiro atoms. The smallest absolute Gasteiger partial charge is 0.221 e. The van der Waals surface area contributed by atoms with Crippen molar-refractivity contribution < 1.29 is 14.3 Å². The molecule has 4 nitrogen and oxygen atoms in total. The molecule has 1 aliphatic rings. The van der Waals surface area contributed by atoms with Crippen LogP contribution in [-0.2, 0) is 14.3 Å². The van der Waals surface area contributed by atoms with Crippen molar-refractivity contribution in [2.24, 2.45) is 0 Å². The summed E-state index contributed by atoms with van der Waals surface area (Å²) in [5, 5.41) is 0. The molecule has 4 heteroatoms. The second-order valence-electron chi connectivity index (χ2n) is 2.48. The van der Waals surface area contributed by atoms with Gasteiger partial charge in [-0.1, -0.05) is 0 Å². The minimum absolute atomic E-state index is 0.0418. The second-order valence-corrected chi connectivity index (χ2v) is 2.48. The second kappa shape index (κ2) is 3.69. The number of rotatable bonds is 1. The molecule has 0 N–H and O–H groups in total. The van der Waals surface area contributed by atoms with E-state index < -0.39 is 0 Å². The first-order valence-electron chi connectivity index (χ1n) is 3.63. The van der Waals surface area contributed by atoms with Gasteiger partial charge < -0.3 is 14.4 Å². The number of hydrogen-bond donors (Lipinski definition) is 0. The Morgan fingerprint density at radius 1 is 1.73 bits per heavy atom. The van der Waals surface area contributed by atoms with Gasteiger partial charge in [0.1, 0.15) is 0 Å². The first-order valence-corrected chi connectivity index (χ1v) is 3.63. The summed E-state index contributed by atoms with van der Waals surface area (Å²) < 4.78 is 10.2. The maximum Gasteiger partial charge on any atom is 0.221 e. The highest BCUT2D eigenvalue weighted by molar-refractivity contribution is 5.73. The van der Waals surface area contributed by atoms with Gasteiger partial charge in [0.05, 0.1) is 13.2 Å². The van der Waals surface area contributed by atoms with Gasteiger partial charge >= 0.3 is 0 Å². The van der Waals surface area contributed by atoms with E-state index in [2.05, 4.69) is 0 Å². The number of carbonyl (C=O) groups is 1. The van der Waals surface area contributed by atoms with Crippen LogP contribution in [0.1, 0.15) is 6.92 Å². The molecule has 1 atom stereocenters. The van der Waals surface area contributed by atoms with Gasteiger partial charge in [0.15, 0.2) is 6.23 Å².